The molecule has 1 aliphatic rings. The highest BCUT2D eigenvalue weighted by Crippen LogP contribution is 2.21. The van der Waals surface area contributed by atoms with E-state index in [1.165, 1.54) is 0 Å². The molecule has 1 atom stereocenters. The van der Waals surface area contributed by atoms with Crippen LogP contribution in [0, 0.1) is 0 Å². The average Bonchev–Trinajstić information content (AvgIpc) is 2.74. The second-order valence-electron chi connectivity index (χ2n) is 4.15. The Morgan fingerprint density at radius 1 is 1.56 bits per heavy atom. The number of hydrogen-bond donors (Lipinski definition) is 2. The third-order valence-electron chi connectivity index (χ3n) is 2.91. The zero-order chi connectivity index (χ0) is 11.5. The van der Waals surface area contributed by atoms with Crippen LogP contribution < -0.4 is 11.1 Å². The summed E-state index contributed by atoms with van der Waals surface area (Å²) in [4.78, 5) is 12.0. The number of rotatable bonds is 3. The second kappa shape index (κ2) is 4.85. The fourth-order valence-electron chi connectivity index (χ4n) is 2.03. The van der Waals surface area contributed by atoms with Gasteiger partial charge in [-0.05, 0) is 37.6 Å². The van der Waals surface area contributed by atoms with E-state index in [0.717, 1.165) is 19.4 Å². The zero-order valence-corrected chi connectivity index (χ0v) is 9.76. The second-order valence-corrected chi connectivity index (χ2v) is 4.59. The van der Waals surface area contributed by atoms with Gasteiger partial charge < -0.3 is 11.1 Å². The Balaban J connectivity index is 2.10. The minimum absolute atomic E-state index is 0.0689. The number of nitrogens with two attached hydrogens (primary N) is 1. The smallest absolute Gasteiger partial charge is 0.166 e. The average molecular weight is 239 g/mol. The zero-order valence-electron chi connectivity index (χ0n) is 9.00. The molecule has 0 spiro atoms. The lowest BCUT2D eigenvalue weighted by Gasteiger charge is -2.10. The summed E-state index contributed by atoms with van der Waals surface area (Å²) in [6, 6.07) is 5.32. The van der Waals surface area contributed by atoms with Gasteiger partial charge >= 0.3 is 0 Å². The number of halogens is 1. The van der Waals surface area contributed by atoms with Crippen molar-refractivity contribution in [2.75, 3.05) is 12.3 Å². The van der Waals surface area contributed by atoms with Crippen LogP contribution in [0.4, 0.5) is 5.69 Å². The Kier molecular flexibility index (Phi) is 3.46. The summed E-state index contributed by atoms with van der Waals surface area (Å²) in [5.74, 6) is 0.0689. The van der Waals surface area contributed by atoms with Gasteiger partial charge in [0.05, 0.1) is 0 Å². The fourth-order valence-corrected chi connectivity index (χ4v) is 2.21. The molecule has 0 amide bonds. The molecule has 3 N–H and O–H groups in total. The van der Waals surface area contributed by atoms with Crippen LogP contribution in [0.5, 0.6) is 0 Å². The molecular weight excluding hydrogens is 224 g/mol. The summed E-state index contributed by atoms with van der Waals surface area (Å²) in [6.07, 6.45) is 2.71. The SMILES string of the molecule is Nc1ccc(Cl)cc1C(=O)CC1CCCN1. The molecular formula is C12H15ClN2O. The summed E-state index contributed by atoms with van der Waals surface area (Å²) in [5.41, 5.74) is 6.81. The first-order valence-electron chi connectivity index (χ1n) is 5.48. The van der Waals surface area contributed by atoms with Crippen molar-refractivity contribution < 1.29 is 4.79 Å². The number of benzene rings is 1. The monoisotopic (exact) mass is 238 g/mol. The van der Waals surface area contributed by atoms with E-state index in [9.17, 15) is 4.79 Å². The molecule has 0 saturated carbocycles. The van der Waals surface area contributed by atoms with Crippen molar-refractivity contribution in [3.63, 3.8) is 0 Å². The minimum atomic E-state index is 0.0689. The van der Waals surface area contributed by atoms with E-state index in [4.69, 9.17) is 17.3 Å². The van der Waals surface area contributed by atoms with E-state index in [0.29, 0.717) is 28.7 Å². The van der Waals surface area contributed by atoms with Gasteiger partial charge in [0, 0.05) is 28.7 Å². The fraction of sp³-hybridized carbons (Fsp3) is 0.417. The van der Waals surface area contributed by atoms with Crippen molar-refractivity contribution in [3.05, 3.63) is 28.8 Å². The molecule has 0 bridgehead atoms. The number of anilines is 1. The minimum Gasteiger partial charge on any atom is -0.398 e. The molecule has 16 heavy (non-hydrogen) atoms. The van der Waals surface area contributed by atoms with E-state index in [1.54, 1.807) is 18.2 Å². The highest BCUT2D eigenvalue weighted by molar-refractivity contribution is 6.31. The first-order chi connectivity index (χ1) is 7.66. The third-order valence-corrected chi connectivity index (χ3v) is 3.15. The van der Waals surface area contributed by atoms with E-state index in [-0.39, 0.29) is 5.78 Å². The summed E-state index contributed by atoms with van der Waals surface area (Å²) >= 11 is 5.85. The molecule has 2 rings (SSSR count). The van der Waals surface area contributed by atoms with Gasteiger partial charge in [-0.15, -0.1) is 0 Å². The molecule has 0 radical (unpaired) electrons. The highest BCUT2D eigenvalue weighted by Gasteiger charge is 2.19. The molecule has 1 aliphatic heterocycles. The first-order valence-corrected chi connectivity index (χ1v) is 5.86. The maximum atomic E-state index is 12.0. The largest absolute Gasteiger partial charge is 0.398 e. The Morgan fingerprint density at radius 3 is 3.06 bits per heavy atom. The van der Waals surface area contributed by atoms with E-state index >= 15 is 0 Å². The number of Topliss-reactive ketones (excluding diaryl/α,β-unsaturated/α-hetero) is 1. The summed E-state index contributed by atoms with van der Waals surface area (Å²) < 4.78 is 0. The molecule has 0 aromatic heterocycles. The predicted molar refractivity (Wildman–Crippen MR) is 65.8 cm³/mol. The van der Waals surface area contributed by atoms with Gasteiger partial charge in [0.25, 0.3) is 0 Å². The topological polar surface area (TPSA) is 55.1 Å². The van der Waals surface area contributed by atoms with Crippen molar-refractivity contribution in [2.45, 2.75) is 25.3 Å². The molecule has 1 aromatic rings. The van der Waals surface area contributed by atoms with Crippen molar-refractivity contribution in [3.8, 4) is 0 Å². The number of carbonyl (C=O) groups excluding carboxylic acids is 1. The Bertz CT molecular complexity index is 400. The van der Waals surface area contributed by atoms with Crippen molar-refractivity contribution >= 4 is 23.1 Å². The maximum Gasteiger partial charge on any atom is 0.166 e. The van der Waals surface area contributed by atoms with Crippen molar-refractivity contribution in [1.29, 1.82) is 0 Å². The van der Waals surface area contributed by atoms with Gasteiger partial charge in [0.15, 0.2) is 5.78 Å². The van der Waals surface area contributed by atoms with Gasteiger partial charge in [0.2, 0.25) is 0 Å². The quantitative estimate of drug-likeness (QED) is 0.627. The van der Waals surface area contributed by atoms with Gasteiger partial charge in [-0.2, -0.15) is 0 Å². The molecule has 1 aromatic carbocycles. The third kappa shape index (κ3) is 2.54. The van der Waals surface area contributed by atoms with Crippen LogP contribution >= 0.6 is 11.6 Å². The van der Waals surface area contributed by atoms with Crippen LogP contribution in [0.15, 0.2) is 18.2 Å². The van der Waals surface area contributed by atoms with E-state index in [1.807, 2.05) is 0 Å². The van der Waals surface area contributed by atoms with Crippen LogP contribution in [-0.2, 0) is 0 Å². The van der Waals surface area contributed by atoms with Gasteiger partial charge in [-0.3, -0.25) is 4.79 Å². The van der Waals surface area contributed by atoms with Crippen LogP contribution in [0.2, 0.25) is 5.02 Å². The van der Waals surface area contributed by atoms with Crippen molar-refractivity contribution in [2.24, 2.45) is 0 Å². The molecule has 1 saturated heterocycles. The normalized spacial score (nSPS) is 19.9. The van der Waals surface area contributed by atoms with Gasteiger partial charge in [-0.25, -0.2) is 0 Å². The lowest BCUT2D eigenvalue weighted by molar-refractivity contribution is 0.0972. The summed E-state index contributed by atoms with van der Waals surface area (Å²) in [5, 5.41) is 3.85. The molecule has 1 fully saturated rings. The predicted octanol–water partition coefficient (Wildman–Crippen LogP) is 2.25. The molecule has 86 valence electrons. The van der Waals surface area contributed by atoms with Gasteiger partial charge in [0.1, 0.15) is 0 Å². The van der Waals surface area contributed by atoms with Crippen LogP contribution in [-0.4, -0.2) is 18.4 Å². The number of ketones is 1. The Labute approximate surface area is 100.0 Å². The Hall–Kier alpha value is -1.06. The molecule has 4 heteroatoms. The summed E-state index contributed by atoms with van der Waals surface area (Å²) in [6.45, 7) is 1.00. The number of nitrogen functional groups attached to an aromatic ring is 1. The number of carbonyl (C=O) groups is 1. The van der Waals surface area contributed by atoms with Crippen molar-refractivity contribution in [1.82, 2.24) is 5.32 Å². The highest BCUT2D eigenvalue weighted by atomic mass is 35.5. The Morgan fingerprint density at radius 2 is 2.38 bits per heavy atom. The van der Waals surface area contributed by atoms with Crippen LogP contribution in [0.25, 0.3) is 0 Å². The molecule has 0 aliphatic carbocycles. The lowest BCUT2D eigenvalue weighted by Crippen LogP contribution is -2.24. The molecule has 1 heterocycles. The van der Waals surface area contributed by atoms with Gasteiger partial charge in [-0.1, -0.05) is 11.6 Å². The van der Waals surface area contributed by atoms with E-state index in [2.05, 4.69) is 5.32 Å². The summed E-state index contributed by atoms with van der Waals surface area (Å²) in [7, 11) is 0. The molecule has 1 unspecified atom stereocenters. The van der Waals surface area contributed by atoms with Crippen LogP contribution in [0.1, 0.15) is 29.6 Å². The molecule has 3 nitrogen and oxygen atoms in total. The lowest BCUT2D eigenvalue weighted by atomic mass is 10.0. The van der Waals surface area contributed by atoms with E-state index < -0.39 is 0 Å². The standard InChI is InChI=1S/C12H15ClN2O/c13-8-3-4-11(14)10(6-8)12(16)7-9-2-1-5-15-9/h3-4,6,9,15H,1-2,5,7,14H2. The van der Waals surface area contributed by atoms with Crippen LogP contribution in [0.3, 0.4) is 0 Å². The number of nitrogens with one attached hydrogen (secondary N) is 1. The first kappa shape index (κ1) is 11.4. The maximum absolute atomic E-state index is 12.0. The number of hydrogen-bond acceptors (Lipinski definition) is 3.